The van der Waals surface area contributed by atoms with Gasteiger partial charge in [0.25, 0.3) is 10.0 Å². The molecule has 0 aliphatic carbocycles. The molecule has 1 aliphatic rings. The molecule has 0 bridgehead atoms. The molecular formula is C14H16N2O4S2. The minimum absolute atomic E-state index is 0.0254. The number of aliphatic carboxylic acids is 1. The summed E-state index contributed by atoms with van der Waals surface area (Å²) < 4.78 is 28.0. The molecule has 1 N–H and O–H groups in total. The Bertz CT molecular complexity index is 782. The zero-order chi connectivity index (χ0) is 15.9. The van der Waals surface area contributed by atoms with Crippen LogP contribution < -0.4 is 0 Å². The number of fused-ring (bicyclic) bond motifs is 1. The molecule has 1 fully saturated rings. The molecule has 0 amide bonds. The number of likely N-dealkylation sites (N-methyl/N-ethyl adjacent to an activating group) is 1. The second-order valence-corrected chi connectivity index (χ2v) is 8.55. The maximum atomic E-state index is 12.8. The third-order valence-electron chi connectivity index (χ3n) is 3.89. The molecule has 2 aromatic rings. The highest BCUT2D eigenvalue weighted by Crippen LogP contribution is 2.31. The summed E-state index contributed by atoms with van der Waals surface area (Å²) in [6.07, 6.45) is 0. The number of rotatable bonds is 3. The summed E-state index contributed by atoms with van der Waals surface area (Å²) in [5.41, 5.74) is 0. The fraction of sp³-hybridized carbons (Fsp3) is 0.357. The van der Waals surface area contributed by atoms with Gasteiger partial charge in [-0.2, -0.15) is 4.31 Å². The minimum atomic E-state index is -3.65. The van der Waals surface area contributed by atoms with Crippen molar-refractivity contribution in [3.8, 4) is 0 Å². The van der Waals surface area contributed by atoms with Gasteiger partial charge in [-0.15, -0.1) is 11.3 Å². The highest BCUT2D eigenvalue weighted by Gasteiger charge is 2.36. The Balaban J connectivity index is 1.94. The van der Waals surface area contributed by atoms with Crippen LogP contribution in [0.2, 0.25) is 0 Å². The van der Waals surface area contributed by atoms with Gasteiger partial charge in [0, 0.05) is 24.3 Å². The minimum Gasteiger partial charge on any atom is -0.480 e. The Morgan fingerprint density at radius 1 is 1.32 bits per heavy atom. The van der Waals surface area contributed by atoms with Gasteiger partial charge in [0.15, 0.2) is 0 Å². The van der Waals surface area contributed by atoms with Crippen molar-refractivity contribution in [1.29, 1.82) is 0 Å². The lowest BCUT2D eigenvalue weighted by Crippen LogP contribution is -2.56. The molecule has 0 spiro atoms. The van der Waals surface area contributed by atoms with Crippen LogP contribution in [-0.4, -0.2) is 61.4 Å². The number of benzene rings is 1. The van der Waals surface area contributed by atoms with E-state index in [2.05, 4.69) is 0 Å². The molecule has 3 rings (SSSR count). The zero-order valence-corrected chi connectivity index (χ0v) is 13.6. The summed E-state index contributed by atoms with van der Waals surface area (Å²) >= 11 is 1.22. The standard InChI is InChI=1S/C14H16N2O4S2/c1-15-6-7-16(9-11(15)14(17)18)22(19,20)13-8-10-4-2-3-5-12(10)21-13/h2-5,8,11H,6-7,9H2,1H3,(H,17,18). The van der Waals surface area contributed by atoms with Crippen LogP contribution >= 0.6 is 11.3 Å². The molecule has 118 valence electrons. The number of carboxylic acids is 1. The lowest BCUT2D eigenvalue weighted by molar-refractivity contribution is -0.144. The van der Waals surface area contributed by atoms with Crippen molar-refractivity contribution < 1.29 is 18.3 Å². The van der Waals surface area contributed by atoms with E-state index >= 15 is 0 Å². The van der Waals surface area contributed by atoms with E-state index in [0.29, 0.717) is 13.1 Å². The van der Waals surface area contributed by atoms with E-state index in [9.17, 15) is 18.3 Å². The molecule has 22 heavy (non-hydrogen) atoms. The second kappa shape index (κ2) is 5.62. The van der Waals surface area contributed by atoms with E-state index in [0.717, 1.165) is 10.1 Å². The largest absolute Gasteiger partial charge is 0.480 e. The van der Waals surface area contributed by atoms with Crippen LogP contribution in [0.3, 0.4) is 0 Å². The highest BCUT2D eigenvalue weighted by molar-refractivity contribution is 7.91. The number of sulfonamides is 1. The molecular weight excluding hydrogens is 324 g/mol. The topological polar surface area (TPSA) is 77.9 Å². The predicted molar refractivity (Wildman–Crippen MR) is 84.6 cm³/mol. The molecule has 1 unspecified atom stereocenters. The SMILES string of the molecule is CN1CCN(S(=O)(=O)c2cc3ccccc3s2)CC1C(=O)O. The van der Waals surface area contributed by atoms with Gasteiger partial charge in [0.05, 0.1) is 0 Å². The Hall–Kier alpha value is -1.48. The Morgan fingerprint density at radius 2 is 2.05 bits per heavy atom. The van der Waals surface area contributed by atoms with Crippen LogP contribution in [0.25, 0.3) is 10.1 Å². The Kier molecular flexibility index (Phi) is 3.94. The molecule has 8 heteroatoms. The van der Waals surface area contributed by atoms with Crippen LogP contribution in [0.4, 0.5) is 0 Å². The molecule has 1 aromatic heterocycles. The maximum Gasteiger partial charge on any atom is 0.322 e. The van der Waals surface area contributed by atoms with Crippen LogP contribution in [0, 0.1) is 0 Å². The van der Waals surface area contributed by atoms with Crippen molar-refractivity contribution in [2.75, 3.05) is 26.7 Å². The fourth-order valence-electron chi connectivity index (χ4n) is 2.55. The van der Waals surface area contributed by atoms with Gasteiger partial charge >= 0.3 is 5.97 Å². The number of thiophene rings is 1. The van der Waals surface area contributed by atoms with Crippen LogP contribution in [0.1, 0.15) is 0 Å². The summed E-state index contributed by atoms with van der Waals surface area (Å²) in [6.45, 7) is 0.681. The smallest absolute Gasteiger partial charge is 0.322 e. The number of carboxylic acid groups (broad SMARTS) is 1. The zero-order valence-electron chi connectivity index (χ0n) is 12.0. The van der Waals surface area contributed by atoms with E-state index in [1.54, 1.807) is 18.0 Å². The molecule has 1 saturated heterocycles. The lowest BCUT2D eigenvalue weighted by atomic mass is 10.2. The normalized spacial score (nSPS) is 21.2. The maximum absolute atomic E-state index is 12.8. The molecule has 2 heterocycles. The van der Waals surface area contributed by atoms with E-state index < -0.39 is 22.0 Å². The average molecular weight is 340 g/mol. The molecule has 1 aromatic carbocycles. The van der Waals surface area contributed by atoms with Crippen molar-refractivity contribution in [1.82, 2.24) is 9.21 Å². The first-order valence-electron chi connectivity index (χ1n) is 6.81. The van der Waals surface area contributed by atoms with E-state index in [4.69, 9.17) is 0 Å². The third-order valence-corrected chi connectivity index (χ3v) is 7.32. The van der Waals surface area contributed by atoms with E-state index in [1.807, 2.05) is 24.3 Å². The summed E-state index contributed by atoms with van der Waals surface area (Å²) in [4.78, 5) is 12.9. The van der Waals surface area contributed by atoms with Crippen LogP contribution in [0.15, 0.2) is 34.5 Å². The van der Waals surface area contributed by atoms with Crippen molar-refractivity contribution in [3.63, 3.8) is 0 Å². The van der Waals surface area contributed by atoms with Gasteiger partial charge in [-0.1, -0.05) is 18.2 Å². The van der Waals surface area contributed by atoms with Gasteiger partial charge in [-0.3, -0.25) is 9.69 Å². The molecule has 1 aliphatic heterocycles. The van der Waals surface area contributed by atoms with Crippen molar-refractivity contribution in [2.24, 2.45) is 0 Å². The fourth-order valence-corrected chi connectivity index (χ4v) is 5.54. The molecule has 6 nitrogen and oxygen atoms in total. The lowest BCUT2D eigenvalue weighted by Gasteiger charge is -2.36. The van der Waals surface area contributed by atoms with Gasteiger partial charge in [0.1, 0.15) is 10.3 Å². The number of nitrogens with zero attached hydrogens (tertiary/aromatic N) is 2. The second-order valence-electron chi connectivity index (χ2n) is 5.30. The number of hydrogen-bond donors (Lipinski definition) is 1. The van der Waals surface area contributed by atoms with E-state index in [-0.39, 0.29) is 10.8 Å². The summed E-state index contributed by atoms with van der Waals surface area (Å²) in [7, 11) is -1.96. The van der Waals surface area contributed by atoms with Crippen molar-refractivity contribution in [3.05, 3.63) is 30.3 Å². The first-order chi connectivity index (χ1) is 10.4. The van der Waals surface area contributed by atoms with Crippen LogP contribution in [-0.2, 0) is 14.8 Å². The highest BCUT2D eigenvalue weighted by atomic mass is 32.2. The van der Waals surface area contributed by atoms with Crippen molar-refractivity contribution >= 4 is 37.4 Å². The van der Waals surface area contributed by atoms with E-state index in [1.165, 1.54) is 15.6 Å². The van der Waals surface area contributed by atoms with Gasteiger partial charge in [-0.25, -0.2) is 8.42 Å². The van der Waals surface area contributed by atoms with Crippen LogP contribution in [0.5, 0.6) is 0 Å². The van der Waals surface area contributed by atoms with Gasteiger partial charge in [-0.05, 0) is 24.6 Å². The van der Waals surface area contributed by atoms with Gasteiger partial charge < -0.3 is 5.11 Å². The summed E-state index contributed by atoms with van der Waals surface area (Å²) in [6, 6.07) is 8.33. The first-order valence-corrected chi connectivity index (χ1v) is 9.07. The van der Waals surface area contributed by atoms with Gasteiger partial charge in [0.2, 0.25) is 0 Å². The first kappa shape index (κ1) is 15.4. The summed E-state index contributed by atoms with van der Waals surface area (Å²) in [5, 5.41) is 10.1. The number of carbonyl (C=O) groups is 1. The Morgan fingerprint density at radius 3 is 2.73 bits per heavy atom. The summed E-state index contributed by atoms with van der Waals surface area (Å²) in [5.74, 6) is -1.00. The number of hydrogen-bond acceptors (Lipinski definition) is 5. The quantitative estimate of drug-likeness (QED) is 0.911. The van der Waals surface area contributed by atoms with Crippen molar-refractivity contribution in [2.45, 2.75) is 10.3 Å². The third kappa shape index (κ3) is 2.63. The predicted octanol–water partition coefficient (Wildman–Crippen LogP) is 1.29. The number of piperazine rings is 1. The monoisotopic (exact) mass is 340 g/mol. The molecule has 1 atom stereocenters. The molecule has 0 saturated carbocycles. The average Bonchev–Trinajstić information content (AvgIpc) is 2.92. The molecule has 0 radical (unpaired) electrons. The Labute approximate surface area is 132 Å².